The quantitative estimate of drug-likeness (QED) is 0.440. The molecular formula is C23H30F4O3. The average Bonchev–Trinajstić information content (AvgIpc) is 3.02. The second-order valence-electron chi connectivity index (χ2n) is 9.12. The molecule has 30 heavy (non-hydrogen) atoms. The molecule has 1 aromatic rings. The van der Waals surface area contributed by atoms with Crippen LogP contribution in [0.15, 0.2) is 18.2 Å². The van der Waals surface area contributed by atoms with Gasteiger partial charge in [-0.2, -0.15) is 8.78 Å². The Morgan fingerprint density at radius 1 is 0.933 bits per heavy atom. The Bertz CT molecular complexity index is 723. The van der Waals surface area contributed by atoms with Crippen molar-refractivity contribution in [2.75, 3.05) is 0 Å². The van der Waals surface area contributed by atoms with Crippen LogP contribution in [0.1, 0.15) is 71.1 Å². The predicted molar refractivity (Wildman–Crippen MR) is 104 cm³/mol. The standard InChI is InChI=1S/C23H30F4O3/c1-2-3-15-4-6-16(7-5-15)17-8-10-18(11-9-17)22(24,25)28-19-12-13-20-21(14-19)30-23(26,27)29-20/h12-18H,2-11H2,1H3. The highest BCUT2D eigenvalue weighted by molar-refractivity contribution is 5.47. The van der Waals surface area contributed by atoms with E-state index >= 15 is 0 Å². The Labute approximate surface area is 175 Å². The van der Waals surface area contributed by atoms with Gasteiger partial charge in [0.25, 0.3) is 0 Å². The van der Waals surface area contributed by atoms with Gasteiger partial charge in [-0.1, -0.05) is 32.6 Å². The maximum Gasteiger partial charge on any atom is 0.586 e. The number of hydrogen-bond acceptors (Lipinski definition) is 3. The second-order valence-corrected chi connectivity index (χ2v) is 9.12. The van der Waals surface area contributed by atoms with E-state index in [9.17, 15) is 17.6 Å². The van der Waals surface area contributed by atoms with Crippen molar-refractivity contribution in [2.45, 2.75) is 83.5 Å². The van der Waals surface area contributed by atoms with Crippen molar-refractivity contribution < 1.29 is 31.8 Å². The van der Waals surface area contributed by atoms with Gasteiger partial charge in [0.05, 0.1) is 5.92 Å². The first-order valence-corrected chi connectivity index (χ1v) is 11.2. The van der Waals surface area contributed by atoms with Crippen molar-refractivity contribution in [2.24, 2.45) is 23.7 Å². The van der Waals surface area contributed by atoms with E-state index in [2.05, 4.69) is 16.4 Å². The van der Waals surface area contributed by atoms with Crippen LogP contribution >= 0.6 is 0 Å². The van der Waals surface area contributed by atoms with Gasteiger partial charge in [0, 0.05) is 6.07 Å². The van der Waals surface area contributed by atoms with Crippen LogP contribution in [-0.4, -0.2) is 12.4 Å². The predicted octanol–water partition coefficient (Wildman–Crippen LogP) is 7.39. The van der Waals surface area contributed by atoms with Crippen molar-refractivity contribution >= 4 is 0 Å². The van der Waals surface area contributed by atoms with E-state index in [1.165, 1.54) is 44.6 Å². The summed E-state index contributed by atoms with van der Waals surface area (Å²) in [6, 6.07) is 3.40. The van der Waals surface area contributed by atoms with Crippen LogP contribution in [0.4, 0.5) is 17.6 Å². The molecule has 7 heteroatoms. The third kappa shape index (κ3) is 4.80. The Morgan fingerprint density at radius 3 is 2.17 bits per heavy atom. The SMILES string of the molecule is CCCC1CCC(C2CCC(C(F)(F)Oc3ccc4c(c3)OC(F)(F)O4)CC2)CC1. The van der Waals surface area contributed by atoms with Gasteiger partial charge in [-0.25, -0.2) is 0 Å². The Kier molecular flexibility index (Phi) is 6.08. The average molecular weight is 430 g/mol. The van der Waals surface area contributed by atoms with Crippen LogP contribution in [0, 0.1) is 23.7 Å². The number of ether oxygens (including phenoxy) is 3. The molecule has 0 N–H and O–H groups in total. The van der Waals surface area contributed by atoms with Crippen LogP contribution in [0.2, 0.25) is 0 Å². The molecular weight excluding hydrogens is 400 g/mol. The lowest BCUT2D eigenvalue weighted by Crippen LogP contribution is -2.38. The maximum absolute atomic E-state index is 14.8. The number of benzene rings is 1. The Morgan fingerprint density at radius 2 is 1.53 bits per heavy atom. The molecule has 2 fully saturated rings. The minimum atomic E-state index is -3.78. The number of alkyl halides is 4. The van der Waals surface area contributed by atoms with Crippen LogP contribution in [-0.2, 0) is 0 Å². The molecule has 0 amide bonds. The molecule has 0 radical (unpaired) electrons. The van der Waals surface area contributed by atoms with Gasteiger partial charge in [0.2, 0.25) is 0 Å². The summed E-state index contributed by atoms with van der Waals surface area (Å²) in [6.07, 6.45) is 2.90. The Balaban J connectivity index is 1.29. The number of halogens is 4. The molecule has 3 nitrogen and oxygen atoms in total. The first-order valence-electron chi connectivity index (χ1n) is 11.2. The van der Waals surface area contributed by atoms with Gasteiger partial charge in [0.15, 0.2) is 11.5 Å². The smallest absolute Gasteiger partial charge is 0.432 e. The van der Waals surface area contributed by atoms with Crippen LogP contribution in [0.3, 0.4) is 0 Å². The molecule has 168 valence electrons. The third-order valence-corrected chi connectivity index (χ3v) is 7.13. The molecule has 1 aromatic carbocycles. The van der Waals surface area contributed by atoms with Crippen molar-refractivity contribution in [1.82, 2.24) is 0 Å². The molecule has 4 rings (SSSR count). The largest absolute Gasteiger partial charge is 0.586 e. The van der Waals surface area contributed by atoms with Crippen molar-refractivity contribution in [3.63, 3.8) is 0 Å². The molecule has 0 bridgehead atoms. The van der Waals surface area contributed by atoms with Gasteiger partial charge in [-0.05, 0) is 68.4 Å². The first-order chi connectivity index (χ1) is 14.3. The Hall–Kier alpha value is -1.66. The highest BCUT2D eigenvalue weighted by Gasteiger charge is 2.46. The highest BCUT2D eigenvalue weighted by Crippen LogP contribution is 2.47. The summed E-state index contributed by atoms with van der Waals surface area (Å²) >= 11 is 0. The maximum atomic E-state index is 14.8. The summed E-state index contributed by atoms with van der Waals surface area (Å²) in [5.74, 6) is 0.507. The summed E-state index contributed by atoms with van der Waals surface area (Å²) < 4.78 is 69.3. The number of rotatable bonds is 6. The van der Waals surface area contributed by atoms with E-state index in [0.29, 0.717) is 24.7 Å². The summed E-state index contributed by atoms with van der Waals surface area (Å²) in [4.78, 5) is 0. The van der Waals surface area contributed by atoms with E-state index in [1.807, 2.05) is 0 Å². The van der Waals surface area contributed by atoms with E-state index in [4.69, 9.17) is 4.74 Å². The molecule has 0 spiro atoms. The molecule has 2 aliphatic carbocycles. The van der Waals surface area contributed by atoms with Crippen LogP contribution in [0.25, 0.3) is 0 Å². The molecule has 0 atom stereocenters. The molecule has 0 unspecified atom stereocenters. The van der Waals surface area contributed by atoms with Gasteiger partial charge in [-0.15, -0.1) is 8.78 Å². The van der Waals surface area contributed by atoms with E-state index < -0.39 is 18.3 Å². The summed E-state index contributed by atoms with van der Waals surface area (Å²) in [7, 11) is 0. The number of hydrogen-bond donors (Lipinski definition) is 0. The first kappa shape index (κ1) is 21.6. The molecule has 2 saturated carbocycles. The number of fused-ring (bicyclic) bond motifs is 1. The molecule has 0 saturated heterocycles. The van der Waals surface area contributed by atoms with Crippen LogP contribution < -0.4 is 14.2 Å². The topological polar surface area (TPSA) is 27.7 Å². The monoisotopic (exact) mass is 430 g/mol. The summed E-state index contributed by atoms with van der Waals surface area (Å²) in [6.45, 7) is 2.23. The van der Waals surface area contributed by atoms with Gasteiger partial charge in [0.1, 0.15) is 5.75 Å². The lowest BCUT2D eigenvalue weighted by atomic mass is 9.68. The highest BCUT2D eigenvalue weighted by atomic mass is 19.3. The molecule has 3 aliphatic rings. The van der Waals surface area contributed by atoms with Gasteiger partial charge >= 0.3 is 12.4 Å². The van der Waals surface area contributed by atoms with E-state index in [1.54, 1.807) is 0 Å². The van der Waals surface area contributed by atoms with Crippen molar-refractivity contribution in [3.05, 3.63) is 18.2 Å². The molecule has 1 aliphatic heterocycles. The lowest BCUT2D eigenvalue weighted by molar-refractivity contribution is -0.286. The third-order valence-electron chi connectivity index (χ3n) is 7.13. The van der Waals surface area contributed by atoms with E-state index in [0.717, 1.165) is 30.9 Å². The summed E-state index contributed by atoms with van der Waals surface area (Å²) in [5, 5.41) is 0. The minimum Gasteiger partial charge on any atom is -0.432 e. The van der Waals surface area contributed by atoms with E-state index in [-0.39, 0.29) is 17.2 Å². The minimum absolute atomic E-state index is 0.190. The fourth-order valence-electron chi connectivity index (χ4n) is 5.52. The van der Waals surface area contributed by atoms with Crippen molar-refractivity contribution in [1.29, 1.82) is 0 Å². The second kappa shape index (κ2) is 8.46. The zero-order chi connectivity index (χ0) is 21.4. The van der Waals surface area contributed by atoms with Crippen molar-refractivity contribution in [3.8, 4) is 17.2 Å². The zero-order valence-corrected chi connectivity index (χ0v) is 17.3. The zero-order valence-electron chi connectivity index (χ0n) is 17.3. The fourth-order valence-corrected chi connectivity index (χ4v) is 5.52. The molecule has 0 aromatic heterocycles. The normalized spacial score (nSPS) is 30.8. The van der Waals surface area contributed by atoms with Gasteiger partial charge in [-0.3, -0.25) is 0 Å². The van der Waals surface area contributed by atoms with Gasteiger partial charge < -0.3 is 14.2 Å². The van der Waals surface area contributed by atoms with Crippen LogP contribution in [0.5, 0.6) is 17.2 Å². The molecule has 1 heterocycles. The summed E-state index contributed by atoms with van der Waals surface area (Å²) in [5.41, 5.74) is 0. The lowest BCUT2D eigenvalue weighted by Gasteiger charge is -2.39. The fraction of sp³-hybridized carbons (Fsp3) is 0.739.